The van der Waals surface area contributed by atoms with Crippen molar-refractivity contribution in [1.29, 1.82) is 0 Å². The first-order chi connectivity index (χ1) is 10.9. The molecule has 0 saturated carbocycles. The van der Waals surface area contributed by atoms with Gasteiger partial charge in [-0.2, -0.15) is 5.10 Å². The van der Waals surface area contributed by atoms with Gasteiger partial charge in [0.1, 0.15) is 0 Å². The normalized spacial score (nSPS) is 10.7. The highest BCUT2D eigenvalue weighted by molar-refractivity contribution is 7.13. The lowest BCUT2D eigenvalue weighted by molar-refractivity contribution is 0.888. The van der Waals surface area contributed by atoms with Gasteiger partial charge in [-0.15, -0.1) is 11.3 Å². The van der Waals surface area contributed by atoms with Crippen LogP contribution in [0.3, 0.4) is 0 Å². The zero-order chi connectivity index (χ0) is 14.8. The summed E-state index contributed by atoms with van der Waals surface area (Å²) in [6.45, 7) is 0. The predicted molar refractivity (Wildman–Crippen MR) is 92.3 cm³/mol. The average molecular weight is 302 g/mol. The molecule has 0 atom stereocenters. The largest absolute Gasteiger partial charge is 0.232 e. The number of para-hydroxylation sites is 1. The van der Waals surface area contributed by atoms with Crippen LogP contribution in [0.4, 0.5) is 0 Å². The number of aromatic nitrogens is 2. The van der Waals surface area contributed by atoms with Gasteiger partial charge in [-0.1, -0.05) is 54.6 Å². The van der Waals surface area contributed by atoms with E-state index in [1.165, 1.54) is 16.0 Å². The molecule has 106 valence electrons. The molecule has 0 fully saturated rings. The summed E-state index contributed by atoms with van der Waals surface area (Å²) < 4.78 is 2.02. The maximum Gasteiger partial charge on any atom is 0.0827 e. The maximum atomic E-state index is 4.64. The molecular weight excluding hydrogens is 288 g/mol. The first-order valence-electron chi connectivity index (χ1n) is 7.16. The number of hydrogen-bond donors (Lipinski definition) is 0. The molecule has 2 aromatic carbocycles. The molecule has 0 aliphatic heterocycles. The molecule has 0 spiro atoms. The fourth-order valence-corrected chi connectivity index (χ4v) is 3.34. The number of benzene rings is 2. The van der Waals surface area contributed by atoms with Crippen LogP contribution in [-0.4, -0.2) is 9.78 Å². The second-order valence-electron chi connectivity index (χ2n) is 5.00. The topological polar surface area (TPSA) is 17.8 Å². The lowest BCUT2D eigenvalue weighted by atomic mass is 10.1. The summed E-state index contributed by atoms with van der Waals surface area (Å²) in [5, 5.41) is 6.74. The van der Waals surface area contributed by atoms with Crippen molar-refractivity contribution < 1.29 is 0 Å². The minimum Gasteiger partial charge on any atom is -0.232 e. The van der Waals surface area contributed by atoms with E-state index in [0.717, 1.165) is 11.4 Å². The quantitative estimate of drug-likeness (QED) is 0.504. The summed E-state index contributed by atoms with van der Waals surface area (Å²) in [5.41, 5.74) is 4.55. The molecule has 0 unspecified atom stereocenters. The SMILES string of the molecule is c1ccc(-c2c(-c3cccs3)cnn2-c2ccccc2)cc1. The Balaban J connectivity index is 1.97. The number of thiophene rings is 1. The van der Waals surface area contributed by atoms with E-state index in [4.69, 9.17) is 0 Å². The Labute approximate surface area is 133 Å². The lowest BCUT2D eigenvalue weighted by Crippen LogP contribution is -1.98. The minimum atomic E-state index is 1.07. The predicted octanol–water partition coefficient (Wildman–Crippen LogP) is 5.27. The van der Waals surface area contributed by atoms with E-state index in [-0.39, 0.29) is 0 Å². The summed E-state index contributed by atoms with van der Waals surface area (Å²) in [7, 11) is 0. The first-order valence-corrected chi connectivity index (χ1v) is 8.04. The van der Waals surface area contributed by atoms with Gasteiger partial charge in [0, 0.05) is 16.0 Å². The van der Waals surface area contributed by atoms with Gasteiger partial charge in [0.05, 0.1) is 17.6 Å². The highest BCUT2D eigenvalue weighted by Crippen LogP contribution is 2.35. The molecule has 2 aromatic heterocycles. The van der Waals surface area contributed by atoms with Crippen LogP contribution < -0.4 is 0 Å². The van der Waals surface area contributed by atoms with Gasteiger partial charge in [0.15, 0.2) is 0 Å². The first kappa shape index (κ1) is 13.0. The van der Waals surface area contributed by atoms with E-state index >= 15 is 0 Å². The number of hydrogen-bond acceptors (Lipinski definition) is 2. The summed E-state index contributed by atoms with van der Waals surface area (Å²) in [6.07, 6.45) is 1.96. The highest BCUT2D eigenvalue weighted by Gasteiger charge is 2.16. The second-order valence-corrected chi connectivity index (χ2v) is 5.95. The highest BCUT2D eigenvalue weighted by atomic mass is 32.1. The molecule has 0 aliphatic carbocycles. The Morgan fingerprint density at radius 1 is 0.773 bits per heavy atom. The van der Waals surface area contributed by atoms with Crippen molar-refractivity contribution in [3.63, 3.8) is 0 Å². The standard InChI is InChI=1S/C19H14N2S/c1-3-8-15(9-4-1)19-17(18-12-7-13-22-18)14-20-21(19)16-10-5-2-6-11-16/h1-14H. The zero-order valence-corrected chi connectivity index (χ0v) is 12.7. The van der Waals surface area contributed by atoms with Crippen molar-refractivity contribution in [2.24, 2.45) is 0 Å². The van der Waals surface area contributed by atoms with Crippen LogP contribution in [0, 0.1) is 0 Å². The van der Waals surface area contributed by atoms with Gasteiger partial charge >= 0.3 is 0 Å². The summed E-state index contributed by atoms with van der Waals surface area (Å²) in [4.78, 5) is 1.24. The van der Waals surface area contributed by atoms with E-state index in [0.29, 0.717) is 0 Å². The molecule has 0 aliphatic rings. The average Bonchev–Trinajstić information content (AvgIpc) is 3.25. The maximum absolute atomic E-state index is 4.64. The molecule has 4 rings (SSSR count). The lowest BCUT2D eigenvalue weighted by Gasteiger charge is -2.09. The van der Waals surface area contributed by atoms with Crippen molar-refractivity contribution in [1.82, 2.24) is 9.78 Å². The Hall–Kier alpha value is -2.65. The summed E-state index contributed by atoms with van der Waals surface area (Å²) >= 11 is 1.74. The monoisotopic (exact) mass is 302 g/mol. The molecule has 0 saturated heterocycles. The molecule has 4 aromatic rings. The molecular formula is C19H14N2S. The van der Waals surface area contributed by atoms with Crippen LogP contribution in [0.15, 0.2) is 84.4 Å². The minimum absolute atomic E-state index is 1.07. The van der Waals surface area contributed by atoms with Crippen LogP contribution in [-0.2, 0) is 0 Å². The van der Waals surface area contributed by atoms with Gasteiger partial charge < -0.3 is 0 Å². The molecule has 0 radical (unpaired) electrons. The number of rotatable bonds is 3. The van der Waals surface area contributed by atoms with Gasteiger partial charge in [0.25, 0.3) is 0 Å². The van der Waals surface area contributed by atoms with Crippen molar-refractivity contribution >= 4 is 11.3 Å². The molecule has 0 amide bonds. The third-order valence-electron chi connectivity index (χ3n) is 3.60. The molecule has 0 bridgehead atoms. The van der Waals surface area contributed by atoms with E-state index in [2.05, 4.69) is 59.0 Å². The molecule has 0 N–H and O–H groups in total. The Kier molecular flexibility index (Phi) is 3.33. The molecule has 22 heavy (non-hydrogen) atoms. The van der Waals surface area contributed by atoms with Gasteiger partial charge in [-0.3, -0.25) is 0 Å². The van der Waals surface area contributed by atoms with Crippen molar-refractivity contribution in [2.75, 3.05) is 0 Å². The Bertz CT molecular complexity index is 862. The van der Waals surface area contributed by atoms with E-state index in [9.17, 15) is 0 Å². The van der Waals surface area contributed by atoms with E-state index in [1.54, 1.807) is 11.3 Å². The van der Waals surface area contributed by atoms with Crippen LogP contribution in [0.1, 0.15) is 0 Å². The molecule has 3 heteroatoms. The fourth-order valence-electron chi connectivity index (χ4n) is 2.60. The van der Waals surface area contributed by atoms with Crippen LogP contribution in [0.25, 0.3) is 27.4 Å². The fraction of sp³-hybridized carbons (Fsp3) is 0. The third-order valence-corrected chi connectivity index (χ3v) is 4.51. The summed E-state index contributed by atoms with van der Waals surface area (Å²) in [5.74, 6) is 0. The van der Waals surface area contributed by atoms with Crippen LogP contribution in [0.2, 0.25) is 0 Å². The van der Waals surface area contributed by atoms with Crippen LogP contribution >= 0.6 is 11.3 Å². The van der Waals surface area contributed by atoms with Crippen molar-refractivity contribution in [3.8, 4) is 27.4 Å². The third kappa shape index (κ3) is 2.26. The van der Waals surface area contributed by atoms with Crippen LogP contribution in [0.5, 0.6) is 0 Å². The van der Waals surface area contributed by atoms with Crippen molar-refractivity contribution in [2.45, 2.75) is 0 Å². The Morgan fingerprint density at radius 3 is 2.18 bits per heavy atom. The summed E-state index contributed by atoms with van der Waals surface area (Å²) in [6, 6.07) is 24.9. The van der Waals surface area contributed by atoms with Gasteiger partial charge in [0.2, 0.25) is 0 Å². The van der Waals surface area contributed by atoms with Gasteiger partial charge in [-0.05, 0) is 23.6 Å². The Morgan fingerprint density at radius 2 is 1.50 bits per heavy atom. The smallest absolute Gasteiger partial charge is 0.0827 e. The number of nitrogens with zero attached hydrogens (tertiary/aromatic N) is 2. The van der Waals surface area contributed by atoms with E-state index in [1.807, 2.05) is 35.1 Å². The second kappa shape index (κ2) is 5.62. The zero-order valence-electron chi connectivity index (χ0n) is 11.9. The molecule has 2 nitrogen and oxygen atoms in total. The molecule has 2 heterocycles. The van der Waals surface area contributed by atoms with Crippen molar-refractivity contribution in [3.05, 3.63) is 84.4 Å². The van der Waals surface area contributed by atoms with E-state index < -0.39 is 0 Å². The van der Waals surface area contributed by atoms with Gasteiger partial charge in [-0.25, -0.2) is 4.68 Å².